The van der Waals surface area contributed by atoms with Crippen LogP contribution in [0.25, 0.3) is 0 Å². The predicted octanol–water partition coefficient (Wildman–Crippen LogP) is 0.969. The van der Waals surface area contributed by atoms with Crippen LogP contribution in [0.2, 0.25) is 0 Å². The SMILES string of the molecule is CCn1cc(NC(=O)C2CCCC2N)cn1. The fourth-order valence-corrected chi connectivity index (χ4v) is 2.15. The predicted molar refractivity (Wildman–Crippen MR) is 61.8 cm³/mol. The van der Waals surface area contributed by atoms with Crippen LogP contribution in [0.3, 0.4) is 0 Å². The van der Waals surface area contributed by atoms with E-state index in [0.29, 0.717) is 0 Å². The Morgan fingerprint density at radius 1 is 1.69 bits per heavy atom. The third-order valence-corrected chi connectivity index (χ3v) is 3.13. The van der Waals surface area contributed by atoms with Crippen molar-refractivity contribution in [3.05, 3.63) is 12.4 Å². The van der Waals surface area contributed by atoms with Crippen molar-refractivity contribution < 1.29 is 4.79 Å². The summed E-state index contributed by atoms with van der Waals surface area (Å²) in [7, 11) is 0. The molecule has 5 nitrogen and oxygen atoms in total. The molecular weight excluding hydrogens is 204 g/mol. The molecule has 1 amide bonds. The molecule has 3 N–H and O–H groups in total. The van der Waals surface area contributed by atoms with Crippen LogP contribution in [-0.4, -0.2) is 21.7 Å². The lowest BCUT2D eigenvalue weighted by Crippen LogP contribution is -2.34. The third kappa shape index (κ3) is 2.24. The van der Waals surface area contributed by atoms with Gasteiger partial charge in [-0.15, -0.1) is 0 Å². The maximum atomic E-state index is 11.9. The molecule has 0 bridgehead atoms. The van der Waals surface area contributed by atoms with Crippen molar-refractivity contribution in [1.29, 1.82) is 0 Å². The number of rotatable bonds is 3. The average molecular weight is 222 g/mol. The topological polar surface area (TPSA) is 72.9 Å². The average Bonchev–Trinajstić information content (AvgIpc) is 2.86. The van der Waals surface area contributed by atoms with Gasteiger partial charge in [0.25, 0.3) is 0 Å². The molecule has 2 atom stereocenters. The highest BCUT2D eigenvalue weighted by atomic mass is 16.1. The van der Waals surface area contributed by atoms with Crippen molar-refractivity contribution in [2.45, 2.75) is 38.8 Å². The van der Waals surface area contributed by atoms with Crippen LogP contribution in [-0.2, 0) is 11.3 Å². The Hall–Kier alpha value is -1.36. The molecule has 1 aliphatic carbocycles. The second-order valence-corrected chi connectivity index (χ2v) is 4.28. The second-order valence-electron chi connectivity index (χ2n) is 4.28. The van der Waals surface area contributed by atoms with Gasteiger partial charge in [-0.25, -0.2) is 0 Å². The van der Waals surface area contributed by atoms with Gasteiger partial charge in [-0.3, -0.25) is 9.48 Å². The molecule has 1 fully saturated rings. The van der Waals surface area contributed by atoms with Crippen LogP contribution in [0.5, 0.6) is 0 Å². The van der Waals surface area contributed by atoms with Gasteiger partial charge in [0.1, 0.15) is 0 Å². The normalized spacial score (nSPS) is 24.6. The molecule has 0 aromatic carbocycles. The number of carbonyl (C=O) groups is 1. The monoisotopic (exact) mass is 222 g/mol. The maximum absolute atomic E-state index is 11.9. The first-order valence-electron chi connectivity index (χ1n) is 5.79. The van der Waals surface area contributed by atoms with E-state index in [0.717, 1.165) is 31.5 Å². The van der Waals surface area contributed by atoms with Gasteiger partial charge in [0.15, 0.2) is 0 Å². The first-order chi connectivity index (χ1) is 7.70. The van der Waals surface area contributed by atoms with Crippen LogP contribution in [0, 0.1) is 5.92 Å². The molecule has 88 valence electrons. The molecule has 0 saturated heterocycles. The smallest absolute Gasteiger partial charge is 0.229 e. The maximum Gasteiger partial charge on any atom is 0.229 e. The molecule has 0 aliphatic heterocycles. The number of aromatic nitrogens is 2. The molecule has 2 unspecified atom stereocenters. The minimum atomic E-state index is -0.0371. The van der Waals surface area contributed by atoms with E-state index >= 15 is 0 Å². The Bertz CT molecular complexity index is 374. The van der Waals surface area contributed by atoms with Crippen molar-refractivity contribution in [3.63, 3.8) is 0 Å². The summed E-state index contributed by atoms with van der Waals surface area (Å²) < 4.78 is 1.78. The van der Waals surface area contributed by atoms with Crippen molar-refractivity contribution in [2.24, 2.45) is 11.7 Å². The van der Waals surface area contributed by atoms with Gasteiger partial charge in [0.2, 0.25) is 5.91 Å². The largest absolute Gasteiger partial charge is 0.327 e. The number of anilines is 1. The molecule has 0 spiro atoms. The summed E-state index contributed by atoms with van der Waals surface area (Å²) in [5.41, 5.74) is 6.64. The lowest BCUT2D eigenvalue weighted by molar-refractivity contribution is -0.120. The summed E-state index contributed by atoms with van der Waals surface area (Å²) in [4.78, 5) is 11.9. The fourth-order valence-electron chi connectivity index (χ4n) is 2.15. The lowest BCUT2D eigenvalue weighted by atomic mass is 10.0. The van der Waals surface area contributed by atoms with Crippen LogP contribution >= 0.6 is 0 Å². The molecule has 1 heterocycles. The van der Waals surface area contributed by atoms with E-state index in [2.05, 4.69) is 10.4 Å². The molecule has 1 aromatic heterocycles. The Labute approximate surface area is 95.0 Å². The van der Waals surface area contributed by atoms with Crippen molar-refractivity contribution in [2.75, 3.05) is 5.32 Å². The summed E-state index contributed by atoms with van der Waals surface area (Å²) in [5.74, 6) is -0.00868. The van der Waals surface area contributed by atoms with E-state index in [-0.39, 0.29) is 17.9 Å². The third-order valence-electron chi connectivity index (χ3n) is 3.13. The van der Waals surface area contributed by atoms with Crippen LogP contribution in [0.1, 0.15) is 26.2 Å². The van der Waals surface area contributed by atoms with E-state index in [1.165, 1.54) is 0 Å². The van der Waals surface area contributed by atoms with E-state index in [1.807, 2.05) is 13.1 Å². The fraction of sp³-hybridized carbons (Fsp3) is 0.636. The van der Waals surface area contributed by atoms with Gasteiger partial charge >= 0.3 is 0 Å². The molecule has 1 saturated carbocycles. The number of nitrogens with one attached hydrogen (secondary N) is 1. The Morgan fingerprint density at radius 3 is 3.06 bits per heavy atom. The lowest BCUT2D eigenvalue weighted by Gasteiger charge is -2.13. The zero-order valence-electron chi connectivity index (χ0n) is 9.52. The number of hydrogen-bond acceptors (Lipinski definition) is 3. The zero-order valence-corrected chi connectivity index (χ0v) is 9.52. The first kappa shape index (κ1) is 11.1. The summed E-state index contributed by atoms with van der Waals surface area (Å²) in [6, 6.07) is 0.0150. The minimum absolute atomic E-state index is 0.0150. The minimum Gasteiger partial charge on any atom is -0.327 e. The molecule has 5 heteroatoms. The number of hydrogen-bond donors (Lipinski definition) is 2. The highest BCUT2D eigenvalue weighted by Crippen LogP contribution is 2.25. The number of aryl methyl sites for hydroxylation is 1. The Morgan fingerprint density at radius 2 is 2.50 bits per heavy atom. The van der Waals surface area contributed by atoms with Gasteiger partial charge in [-0.05, 0) is 19.8 Å². The highest BCUT2D eigenvalue weighted by Gasteiger charge is 2.30. The number of nitrogens with two attached hydrogens (primary N) is 1. The van der Waals surface area contributed by atoms with E-state index in [1.54, 1.807) is 10.9 Å². The van der Waals surface area contributed by atoms with Gasteiger partial charge in [-0.2, -0.15) is 5.10 Å². The van der Waals surface area contributed by atoms with E-state index in [9.17, 15) is 4.79 Å². The molecule has 16 heavy (non-hydrogen) atoms. The van der Waals surface area contributed by atoms with Gasteiger partial charge < -0.3 is 11.1 Å². The number of carbonyl (C=O) groups excluding carboxylic acids is 1. The quantitative estimate of drug-likeness (QED) is 0.800. The van der Waals surface area contributed by atoms with Crippen LogP contribution in [0.4, 0.5) is 5.69 Å². The number of amides is 1. The molecular formula is C11H18N4O. The molecule has 1 aliphatic rings. The zero-order chi connectivity index (χ0) is 11.5. The van der Waals surface area contributed by atoms with Gasteiger partial charge in [-0.1, -0.05) is 6.42 Å². The number of nitrogens with zero attached hydrogens (tertiary/aromatic N) is 2. The van der Waals surface area contributed by atoms with E-state index < -0.39 is 0 Å². The van der Waals surface area contributed by atoms with E-state index in [4.69, 9.17) is 5.73 Å². The Kier molecular flexibility index (Phi) is 3.24. The molecule has 1 aromatic rings. The first-order valence-corrected chi connectivity index (χ1v) is 5.79. The van der Waals surface area contributed by atoms with Gasteiger partial charge in [0, 0.05) is 18.8 Å². The van der Waals surface area contributed by atoms with Crippen LogP contribution < -0.4 is 11.1 Å². The second kappa shape index (κ2) is 4.65. The molecule has 0 radical (unpaired) electrons. The van der Waals surface area contributed by atoms with Crippen molar-refractivity contribution in [1.82, 2.24) is 9.78 Å². The highest BCUT2D eigenvalue weighted by molar-refractivity contribution is 5.92. The standard InChI is InChI=1S/C11H18N4O/c1-2-15-7-8(6-13-15)14-11(16)9-4-3-5-10(9)12/h6-7,9-10H,2-5,12H2,1H3,(H,14,16). The van der Waals surface area contributed by atoms with Crippen molar-refractivity contribution in [3.8, 4) is 0 Å². The van der Waals surface area contributed by atoms with Crippen LogP contribution in [0.15, 0.2) is 12.4 Å². The van der Waals surface area contributed by atoms with Crippen molar-refractivity contribution >= 4 is 11.6 Å². The summed E-state index contributed by atoms with van der Waals surface area (Å²) in [5, 5.41) is 6.97. The summed E-state index contributed by atoms with van der Waals surface area (Å²) >= 11 is 0. The van der Waals surface area contributed by atoms with Gasteiger partial charge in [0.05, 0.1) is 17.8 Å². The molecule has 2 rings (SSSR count). The Balaban J connectivity index is 1.96. The summed E-state index contributed by atoms with van der Waals surface area (Å²) in [6.07, 6.45) is 6.40. The summed E-state index contributed by atoms with van der Waals surface area (Å²) in [6.45, 7) is 2.81.